The lowest BCUT2D eigenvalue weighted by Crippen LogP contribution is -2.13. The molecule has 0 radical (unpaired) electrons. The van der Waals surface area contributed by atoms with E-state index in [1.54, 1.807) is 31.2 Å². The van der Waals surface area contributed by atoms with Gasteiger partial charge >= 0.3 is 6.18 Å². The van der Waals surface area contributed by atoms with Gasteiger partial charge in [-0.15, -0.1) is 0 Å². The van der Waals surface area contributed by atoms with Gasteiger partial charge in [-0.25, -0.2) is 15.0 Å². The molecule has 0 atom stereocenters. The van der Waals surface area contributed by atoms with E-state index in [0.29, 0.717) is 22.6 Å². The van der Waals surface area contributed by atoms with Gasteiger partial charge in [-0.1, -0.05) is 24.6 Å². The Morgan fingerprint density at radius 3 is 2.64 bits per heavy atom. The van der Waals surface area contributed by atoms with Crippen LogP contribution < -0.4 is 0 Å². The Hall–Kier alpha value is -2.15. The summed E-state index contributed by atoms with van der Waals surface area (Å²) in [6, 6.07) is 6.73. The lowest BCUT2D eigenvalue weighted by molar-refractivity contribution is -0.144. The normalized spacial score (nSPS) is 12.0. The predicted molar refractivity (Wildman–Crippen MR) is 76.1 cm³/mol. The Balaban J connectivity index is 2.29. The minimum absolute atomic E-state index is 0.112. The molecule has 0 spiro atoms. The number of halogens is 4. The molecule has 0 saturated carbocycles. The van der Waals surface area contributed by atoms with E-state index < -0.39 is 12.0 Å². The van der Waals surface area contributed by atoms with Crippen molar-refractivity contribution in [3.63, 3.8) is 0 Å². The molecule has 2 aromatic heterocycles. The molecule has 2 heterocycles. The molecule has 0 N–H and O–H groups in total. The summed E-state index contributed by atoms with van der Waals surface area (Å²) in [5.41, 5.74) is 1.32. The summed E-state index contributed by atoms with van der Waals surface area (Å²) in [7, 11) is 0. The van der Waals surface area contributed by atoms with E-state index in [1.807, 2.05) is 0 Å². The predicted octanol–water partition coefficient (Wildman–Crippen LogP) is 4.05. The zero-order valence-corrected chi connectivity index (χ0v) is 12.2. The first-order chi connectivity index (χ1) is 10.4. The van der Waals surface area contributed by atoms with E-state index in [-0.39, 0.29) is 11.3 Å². The van der Waals surface area contributed by atoms with Crippen molar-refractivity contribution in [2.75, 3.05) is 0 Å². The SMILES string of the molecule is CCc1nc(C(F)(F)F)nc2c1ncn2-c1cccc(Cl)c1. The number of hydrogen-bond acceptors (Lipinski definition) is 3. The highest BCUT2D eigenvalue weighted by Gasteiger charge is 2.36. The molecule has 3 aromatic rings. The van der Waals surface area contributed by atoms with Gasteiger partial charge in [0.05, 0.1) is 11.4 Å². The van der Waals surface area contributed by atoms with Gasteiger partial charge in [0.1, 0.15) is 11.8 Å². The summed E-state index contributed by atoms with van der Waals surface area (Å²) in [5.74, 6) is -1.17. The van der Waals surface area contributed by atoms with Crippen molar-refractivity contribution in [2.24, 2.45) is 0 Å². The quantitative estimate of drug-likeness (QED) is 0.713. The summed E-state index contributed by atoms with van der Waals surface area (Å²) in [4.78, 5) is 11.4. The highest BCUT2D eigenvalue weighted by Crippen LogP contribution is 2.29. The van der Waals surface area contributed by atoms with E-state index in [2.05, 4.69) is 15.0 Å². The second kappa shape index (κ2) is 5.24. The van der Waals surface area contributed by atoms with Crippen LogP contribution in [0.1, 0.15) is 18.4 Å². The number of aromatic nitrogens is 4. The number of rotatable bonds is 2. The molecule has 3 rings (SSSR count). The summed E-state index contributed by atoms with van der Waals surface area (Å²) in [5, 5.41) is 0.472. The first kappa shape index (κ1) is 14.8. The number of fused-ring (bicyclic) bond motifs is 1. The Bertz CT molecular complexity index is 842. The molecule has 0 saturated heterocycles. The Kier molecular flexibility index (Phi) is 3.52. The van der Waals surface area contributed by atoms with Crippen molar-refractivity contribution in [2.45, 2.75) is 19.5 Å². The topological polar surface area (TPSA) is 43.6 Å². The Morgan fingerprint density at radius 2 is 2.00 bits per heavy atom. The van der Waals surface area contributed by atoms with Crippen LogP contribution in [0.5, 0.6) is 0 Å². The van der Waals surface area contributed by atoms with Crippen LogP contribution in [0.3, 0.4) is 0 Å². The van der Waals surface area contributed by atoms with Crippen molar-refractivity contribution in [3.8, 4) is 5.69 Å². The fraction of sp³-hybridized carbons (Fsp3) is 0.214. The zero-order valence-electron chi connectivity index (χ0n) is 11.4. The molecule has 0 bridgehead atoms. The van der Waals surface area contributed by atoms with E-state index >= 15 is 0 Å². The van der Waals surface area contributed by atoms with Gasteiger partial charge in [-0.05, 0) is 24.6 Å². The number of hydrogen-bond donors (Lipinski definition) is 0. The van der Waals surface area contributed by atoms with Crippen molar-refractivity contribution in [1.29, 1.82) is 0 Å². The Labute approximate surface area is 128 Å². The fourth-order valence-corrected chi connectivity index (χ4v) is 2.33. The van der Waals surface area contributed by atoms with Gasteiger partial charge in [-0.3, -0.25) is 4.57 Å². The second-order valence-electron chi connectivity index (χ2n) is 4.61. The average Bonchev–Trinajstić information content (AvgIpc) is 2.89. The number of aryl methyl sites for hydroxylation is 1. The molecule has 8 heteroatoms. The molecule has 0 fully saturated rings. The molecule has 4 nitrogen and oxygen atoms in total. The number of imidazole rings is 1. The summed E-state index contributed by atoms with van der Waals surface area (Å²) >= 11 is 5.93. The maximum atomic E-state index is 13.0. The van der Waals surface area contributed by atoms with Gasteiger partial charge in [0.15, 0.2) is 5.65 Å². The minimum Gasteiger partial charge on any atom is -0.283 e. The van der Waals surface area contributed by atoms with Crippen LogP contribution >= 0.6 is 11.6 Å². The van der Waals surface area contributed by atoms with Crippen LogP contribution in [0.25, 0.3) is 16.9 Å². The molecule has 0 amide bonds. The number of alkyl halides is 3. The molecule has 0 aliphatic heterocycles. The standard InChI is InChI=1S/C14H10ClF3N4/c1-2-10-11-12(21-13(20-10)14(16,17)18)22(7-19-11)9-5-3-4-8(15)6-9/h3-7H,2H2,1H3. The van der Waals surface area contributed by atoms with E-state index in [0.717, 1.165) is 0 Å². The van der Waals surface area contributed by atoms with Crippen LogP contribution in [0.4, 0.5) is 13.2 Å². The molecule has 0 aliphatic carbocycles. The molecule has 22 heavy (non-hydrogen) atoms. The van der Waals surface area contributed by atoms with Crippen LogP contribution in [-0.4, -0.2) is 19.5 Å². The van der Waals surface area contributed by atoms with Gasteiger partial charge in [-0.2, -0.15) is 13.2 Å². The maximum absolute atomic E-state index is 13.0. The van der Waals surface area contributed by atoms with Crippen LogP contribution in [-0.2, 0) is 12.6 Å². The van der Waals surface area contributed by atoms with Crippen LogP contribution in [0.2, 0.25) is 5.02 Å². The monoisotopic (exact) mass is 326 g/mol. The smallest absolute Gasteiger partial charge is 0.283 e. The molecular formula is C14H10ClF3N4. The van der Waals surface area contributed by atoms with E-state index in [9.17, 15) is 13.2 Å². The second-order valence-corrected chi connectivity index (χ2v) is 5.05. The maximum Gasteiger partial charge on any atom is 0.451 e. The lowest BCUT2D eigenvalue weighted by atomic mass is 10.2. The largest absolute Gasteiger partial charge is 0.451 e. The summed E-state index contributed by atoms with van der Waals surface area (Å²) in [6.45, 7) is 1.72. The zero-order chi connectivity index (χ0) is 15.9. The first-order valence-corrected chi connectivity index (χ1v) is 6.85. The van der Waals surface area contributed by atoms with Crippen molar-refractivity contribution >= 4 is 22.8 Å². The molecule has 1 aromatic carbocycles. The van der Waals surface area contributed by atoms with Crippen molar-refractivity contribution < 1.29 is 13.2 Å². The van der Waals surface area contributed by atoms with Crippen LogP contribution in [0.15, 0.2) is 30.6 Å². The van der Waals surface area contributed by atoms with Gasteiger partial charge in [0.2, 0.25) is 5.82 Å². The Morgan fingerprint density at radius 1 is 1.23 bits per heavy atom. The third-order valence-corrected chi connectivity index (χ3v) is 3.38. The highest BCUT2D eigenvalue weighted by molar-refractivity contribution is 6.30. The van der Waals surface area contributed by atoms with Gasteiger partial charge in [0.25, 0.3) is 0 Å². The highest BCUT2D eigenvalue weighted by atomic mass is 35.5. The van der Waals surface area contributed by atoms with E-state index in [1.165, 1.54) is 10.9 Å². The summed E-state index contributed by atoms with van der Waals surface area (Å²) in [6.07, 6.45) is -2.86. The van der Waals surface area contributed by atoms with Crippen molar-refractivity contribution in [3.05, 3.63) is 47.1 Å². The molecular weight excluding hydrogens is 317 g/mol. The average molecular weight is 327 g/mol. The van der Waals surface area contributed by atoms with Gasteiger partial charge < -0.3 is 0 Å². The third kappa shape index (κ3) is 2.52. The molecule has 114 valence electrons. The third-order valence-electron chi connectivity index (χ3n) is 3.14. The van der Waals surface area contributed by atoms with E-state index in [4.69, 9.17) is 11.6 Å². The minimum atomic E-state index is -4.61. The number of benzene rings is 1. The lowest BCUT2D eigenvalue weighted by Gasteiger charge is -2.09. The van der Waals surface area contributed by atoms with Gasteiger partial charge in [0, 0.05) is 5.02 Å². The first-order valence-electron chi connectivity index (χ1n) is 6.47. The fourth-order valence-electron chi connectivity index (χ4n) is 2.15. The molecule has 0 aliphatic rings. The summed E-state index contributed by atoms with van der Waals surface area (Å²) < 4.78 is 40.4. The van der Waals surface area contributed by atoms with Crippen molar-refractivity contribution in [1.82, 2.24) is 19.5 Å². The van der Waals surface area contributed by atoms with Crippen LogP contribution in [0, 0.1) is 0 Å². The molecule has 0 unspecified atom stereocenters. The number of nitrogens with zero attached hydrogens (tertiary/aromatic N) is 4.